The minimum absolute atomic E-state index is 0.411. The van der Waals surface area contributed by atoms with Crippen molar-refractivity contribution in [1.29, 1.82) is 0 Å². The molecule has 0 bridgehead atoms. The summed E-state index contributed by atoms with van der Waals surface area (Å²) in [6.45, 7) is 12.2. The highest BCUT2D eigenvalue weighted by molar-refractivity contribution is 5.21. The van der Waals surface area contributed by atoms with Gasteiger partial charge >= 0.3 is 0 Å². The molecule has 1 heteroatoms. The van der Waals surface area contributed by atoms with Gasteiger partial charge in [-0.25, -0.2) is 0 Å². The SMILES string of the molecule is CC1CC(C)(C)C(C(C)C)N(C)C2=C1CCCCC2. The predicted octanol–water partition coefficient (Wildman–Crippen LogP) is 5.23. The molecule has 0 saturated heterocycles. The van der Waals surface area contributed by atoms with Crippen LogP contribution in [0.2, 0.25) is 0 Å². The molecule has 0 aromatic carbocycles. The molecule has 0 saturated carbocycles. The van der Waals surface area contributed by atoms with E-state index in [1.54, 1.807) is 11.3 Å². The van der Waals surface area contributed by atoms with Crippen molar-refractivity contribution in [3.63, 3.8) is 0 Å². The summed E-state index contributed by atoms with van der Waals surface area (Å²) in [5.41, 5.74) is 3.90. The quantitative estimate of drug-likeness (QED) is 0.626. The van der Waals surface area contributed by atoms with Crippen LogP contribution in [-0.2, 0) is 0 Å². The molecular weight excluding hydrogens is 230 g/mol. The Kier molecular flexibility index (Phi) is 4.32. The zero-order chi connectivity index (χ0) is 14.2. The topological polar surface area (TPSA) is 3.24 Å². The number of allylic oxidation sites excluding steroid dienone is 2. The first-order chi connectivity index (χ1) is 8.84. The molecule has 1 aliphatic heterocycles. The second-order valence-corrected chi connectivity index (χ2v) is 7.93. The summed E-state index contributed by atoms with van der Waals surface area (Å²) in [4.78, 5) is 2.68. The Morgan fingerprint density at radius 1 is 1.11 bits per heavy atom. The minimum Gasteiger partial charge on any atom is -0.374 e. The smallest absolute Gasteiger partial charge is 0.0357 e. The van der Waals surface area contributed by atoms with E-state index < -0.39 is 0 Å². The molecule has 0 aromatic rings. The average molecular weight is 263 g/mol. The monoisotopic (exact) mass is 263 g/mol. The maximum atomic E-state index is 2.68. The number of rotatable bonds is 1. The van der Waals surface area contributed by atoms with Crippen molar-refractivity contribution >= 4 is 0 Å². The lowest BCUT2D eigenvalue weighted by Gasteiger charge is -2.44. The molecule has 0 radical (unpaired) electrons. The number of hydrogen-bond donors (Lipinski definition) is 0. The van der Waals surface area contributed by atoms with Crippen LogP contribution in [0.15, 0.2) is 11.3 Å². The van der Waals surface area contributed by atoms with Gasteiger partial charge in [-0.05, 0) is 54.9 Å². The molecule has 0 aromatic heterocycles. The molecule has 1 heterocycles. The standard InChI is InChI=1S/C18H33N/c1-13(2)17-18(4,5)12-14(3)15-10-8-7-9-11-16(15)19(17)6/h13-14,17H,7-12H2,1-6H3. The molecule has 1 nitrogen and oxygen atoms in total. The van der Waals surface area contributed by atoms with E-state index in [0.29, 0.717) is 11.5 Å². The van der Waals surface area contributed by atoms with Crippen LogP contribution in [0, 0.1) is 17.3 Å². The van der Waals surface area contributed by atoms with Crippen molar-refractivity contribution < 1.29 is 0 Å². The highest BCUT2D eigenvalue weighted by Crippen LogP contribution is 2.46. The highest BCUT2D eigenvalue weighted by atomic mass is 15.2. The summed E-state index contributed by atoms with van der Waals surface area (Å²) in [7, 11) is 2.37. The highest BCUT2D eigenvalue weighted by Gasteiger charge is 2.40. The Hall–Kier alpha value is -0.460. The largest absolute Gasteiger partial charge is 0.374 e. The molecule has 0 amide bonds. The van der Waals surface area contributed by atoms with Gasteiger partial charge in [0.2, 0.25) is 0 Å². The first-order valence-electron chi connectivity index (χ1n) is 8.29. The molecule has 2 unspecified atom stereocenters. The molecule has 0 spiro atoms. The summed E-state index contributed by atoms with van der Waals surface area (Å²) < 4.78 is 0. The van der Waals surface area contributed by atoms with E-state index in [9.17, 15) is 0 Å². The summed E-state index contributed by atoms with van der Waals surface area (Å²) in [5, 5.41) is 0. The van der Waals surface area contributed by atoms with Crippen LogP contribution in [0.3, 0.4) is 0 Å². The Labute approximate surface area is 120 Å². The van der Waals surface area contributed by atoms with E-state index in [0.717, 1.165) is 11.8 Å². The average Bonchev–Trinajstić information content (AvgIpc) is 2.54. The molecule has 110 valence electrons. The first-order valence-corrected chi connectivity index (χ1v) is 8.29. The molecule has 2 rings (SSSR count). The van der Waals surface area contributed by atoms with Crippen molar-refractivity contribution in [2.75, 3.05) is 7.05 Å². The van der Waals surface area contributed by atoms with Gasteiger partial charge in [0, 0.05) is 18.8 Å². The Balaban J connectivity index is 2.42. The summed E-state index contributed by atoms with van der Waals surface area (Å²) in [5.74, 6) is 1.50. The fraction of sp³-hybridized carbons (Fsp3) is 0.889. The molecule has 0 N–H and O–H groups in total. The van der Waals surface area contributed by atoms with E-state index in [1.165, 1.54) is 38.5 Å². The molecule has 2 atom stereocenters. The van der Waals surface area contributed by atoms with Crippen molar-refractivity contribution in [2.24, 2.45) is 17.3 Å². The van der Waals surface area contributed by atoms with Gasteiger partial charge in [0.15, 0.2) is 0 Å². The summed E-state index contributed by atoms with van der Waals surface area (Å²) in [6, 6.07) is 0.681. The third kappa shape index (κ3) is 2.85. The van der Waals surface area contributed by atoms with Crippen LogP contribution in [0.4, 0.5) is 0 Å². The summed E-state index contributed by atoms with van der Waals surface area (Å²) in [6.07, 6.45) is 8.23. The van der Waals surface area contributed by atoms with Gasteiger partial charge in [-0.2, -0.15) is 0 Å². The van der Waals surface area contributed by atoms with Gasteiger partial charge < -0.3 is 4.90 Å². The van der Waals surface area contributed by atoms with E-state index in [1.807, 2.05) is 0 Å². The Bertz CT molecular complexity index is 351. The van der Waals surface area contributed by atoms with Crippen LogP contribution in [-0.4, -0.2) is 18.0 Å². The predicted molar refractivity (Wildman–Crippen MR) is 84.1 cm³/mol. The molecule has 2 aliphatic rings. The number of hydrogen-bond acceptors (Lipinski definition) is 1. The van der Waals surface area contributed by atoms with Crippen molar-refractivity contribution in [1.82, 2.24) is 4.90 Å². The maximum Gasteiger partial charge on any atom is 0.0357 e. The lowest BCUT2D eigenvalue weighted by Crippen LogP contribution is -2.45. The zero-order valence-corrected chi connectivity index (χ0v) is 13.9. The minimum atomic E-state index is 0.411. The fourth-order valence-electron chi connectivity index (χ4n) is 5.10. The van der Waals surface area contributed by atoms with Gasteiger partial charge in [0.05, 0.1) is 0 Å². The second-order valence-electron chi connectivity index (χ2n) is 7.93. The van der Waals surface area contributed by atoms with Crippen molar-refractivity contribution in [2.45, 2.75) is 79.2 Å². The van der Waals surface area contributed by atoms with E-state index in [-0.39, 0.29) is 0 Å². The molecular formula is C18H33N. The van der Waals surface area contributed by atoms with Gasteiger partial charge in [-0.3, -0.25) is 0 Å². The Morgan fingerprint density at radius 3 is 2.37 bits per heavy atom. The van der Waals surface area contributed by atoms with Crippen LogP contribution in [0.1, 0.15) is 73.1 Å². The van der Waals surface area contributed by atoms with Crippen LogP contribution in [0.25, 0.3) is 0 Å². The van der Waals surface area contributed by atoms with Gasteiger partial charge in [-0.15, -0.1) is 0 Å². The van der Waals surface area contributed by atoms with Crippen LogP contribution >= 0.6 is 0 Å². The normalized spacial score (nSPS) is 32.1. The third-order valence-electron chi connectivity index (χ3n) is 5.43. The zero-order valence-electron chi connectivity index (χ0n) is 13.9. The molecule has 0 fully saturated rings. The lowest BCUT2D eigenvalue weighted by molar-refractivity contribution is 0.0898. The maximum absolute atomic E-state index is 2.68. The molecule has 1 aliphatic carbocycles. The first kappa shape index (κ1) is 14.9. The van der Waals surface area contributed by atoms with Gasteiger partial charge in [0.25, 0.3) is 0 Å². The molecule has 19 heavy (non-hydrogen) atoms. The van der Waals surface area contributed by atoms with E-state index in [2.05, 4.69) is 46.6 Å². The van der Waals surface area contributed by atoms with E-state index >= 15 is 0 Å². The third-order valence-corrected chi connectivity index (χ3v) is 5.43. The Morgan fingerprint density at radius 2 is 1.74 bits per heavy atom. The fourth-order valence-corrected chi connectivity index (χ4v) is 5.10. The van der Waals surface area contributed by atoms with Crippen LogP contribution in [0.5, 0.6) is 0 Å². The van der Waals surface area contributed by atoms with Crippen LogP contribution < -0.4 is 0 Å². The van der Waals surface area contributed by atoms with Crippen molar-refractivity contribution in [3.8, 4) is 0 Å². The van der Waals surface area contributed by atoms with E-state index in [4.69, 9.17) is 0 Å². The summed E-state index contributed by atoms with van der Waals surface area (Å²) >= 11 is 0. The second kappa shape index (κ2) is 5.50. The van der Waals surface area contributed by atoms with Gasteiger partial charge in [0.1, 0.15) is 0 Å². The van der Waals surface area contributed by atoms with Crippen molar-refractivity contribution in [3.05, 3.63) is 11.3 Å². The number of nitrogens with zero attached hydrogens (tertiary/aromatic N) is 1. The lowest BCUT2D eigenvalue weighted by atomic mass is 9.72. The van der Waals surface area contributed by atoms with Gasteiger partial charge in [-0.1, -0.05) is 41.0 Å².